The van der Waals surface area contributed by atoms with E-state index in [9.17, 15) is 0 Å². The molecule has 0 saturated heterocycles. The van der Waals surface area contributed by atoms with Crippen molar-refractivity contribution in [3.8, 4) is 11.5 Å². The van der Waals surface area contributed by atoms with Crippen LogP contribution in [0, 0.1) is 13.8 Å². The monoisotopic (exact) mass is 700 g/mol. The Morgan fingerprint density at radius 1 is 0.604 bits per heavy atom. The van der Waals surface area contributed by atoms with E-state index >= 15 is 0 Å². The first-order valence-electron chi connectivity index (χ1n) is 19.0. The first-order chi connectivity index (χ1) is 25.0. The van der Waals surface area contributed by atoms with Gasteiger partial charge in [0, 0.05) is 39.2 Å². The van der Waals surface area contributed by atoms with Crippen LogP contribution >= 0.6 is 0 Å². The summed E-state index contributed by atoms with van der Waals surface area (Å²) in [6.07, 6.45) is 0. The molecule has 0 amide bonds. The Bertz CT molecular complexity index is 2470. The molecule has 0 spiro atoms. The van der Waals surface area contributed by atoms with Crippen molar-refractivity contribution in [1.82, 2.24) is 0 Å². The summed E-state index contributed by atoms with van der Waals surface area (Å²) < 4.78 is 19.1. The molecule has 6 aromatic rings. The summed E-state index contributed by atoms with van der Waals surface area (Å²) >= 11 is 0. The van der Waals surface area contributed by atoms with Crippen molar-refractivity contribution in [3.05, 3.63) is 113 Å². The van der Waals surface area contributed by atoms with Crippen molar-refractivity contribution in [3.63, 3.8) is 0 Å². The molecule has 5 nitrogen and oxygen atoms in total. The van der Waals surface area contributed by atoms with Crippen LogP contribution in [-0.4, -0.2) is 13.5 Å². The Morgan fingerprint density at radius 2 is 1.23 bits per heavy atom. The minimum Gasteiger partial charge on any atom is -0.454 e. The van der Waals surface area contributed by atoms with E-state index in [1.165, 1.54) is 44.5 Å². The number of aryl methyl sites for hydroxylation is 1. The fraction of sp³-hybridized carbons (Fsp3) is 0.319. The van der Waals surface area contributed by atoms with Gasteiger partial charge in [0.05, 0.1) is 5.69 Å². The summed E-state index contributed by atoms with van der Waals surface area (Å²) in [7, 11) is 0. The molecule has 268 valence electrons. The van der Waals surface area contributed by atoms with E-state index in [1.54, 1.807) is 0 Å². The standard InChI is InChI=1S/C47H49BN2O3/c1-27-23-39-43(52-26-51-39)28(2)42(27)50-37-14-12-13-36-41(37)48(40-33-24-30(46(6,7)8)18-22-38(33)53-44(40)50)34-25-31(47(9,10)11)17-21-35(34)49(36)32-19-15-29(16-20-32)45(3,4)5/h12-25H,26H2,1-11H3. The zero-order chi connectivity index (χ0) is 37.4. The average molecular weight is 701 g/mol. The van der Waals surface area contributed by atoms with E-state index in [2.05, 4.69) is 171 Å². The zero-order valence-corrected chi connectivity index (χ0v) is 33.0. The number of nitrogens with zero attached hydrogens (tertiary/aromatic N) is 2. The summed E-state index contributed by atoms with van der Waals surface area (Å²) in [4.78, 5) is 4.85. The van der Waals surface area contributed by atoms with Gasteiger partial charge in [-0.3, -0.25) is 4.90 Å². The fourth-order valence-corrected chi connectivity index (χ4v) is 8.70. The summed E-state index contributed by atoms with van der Waals surface area (Å²) in [6, 6.07) is 32.0. The lowest BCUT2D eigenvalue weighted by Gasteiger charge is -2.43. The molecule has 0 radical (unpaired) electrons. The topological polar surface area (TPSA) is 38.1 Å². The maximum Gasteiger partial charge on any atom is 0.257 e. The molecule has 0 saturated carbocycles. The third kappa shape index (κ3) is 5.05. The van der Waals surface area contributed by atoms with Gasteiger partial charge in [0.2, 0.25) is 12.7 Å². The highest BCUT2D eigenvalue weighted by molar-refractivity contribution is 7.01. The second kappa shape index (κ2) is 11.2. The molecule has 3 aliphatic heterocycles. The SMILES string of the molecule is Cc1cc2c(c(C)c1N1c3cccc4c3B(c3cc(C(C)(C)C)ccc3N4c3ccc(C(C)(C)C)cc3)c3c1oc1ccc(C(C)(C)C)cc31)OCO2. The van der Waals surface area contributed by atoms with Crippen molar-refractivity contribution >= 4 is 68.4 Å². The van der Waals surface area contributed by atoms with Gasteiger partial charge in [-0.05, 0) is 112 Å². The normalized spacial score (nSPS) is 14.8. The lowest BCUT2D eigenvalue weighted by molar-refractivity contribution is 0.173. The Hall–Kier alpha value is -5.10. The average Bonchev–Trinajstić information content (AvgIpc) is 3.72. The van der Waals surface area contributed by atoms with Crippen LogP contribution in [0.4, 0.5) is 34.3 Å². The van der Waals surface area contributed by atoms with Crippen LogP contribution in [0.25, 0.3) is 11.0 Å². The second-order valence-electron chi connectivity index (χ2n) is 18.3. The molecule has 0 bridgehead atoms. The molecule has 53 heavy (non-hydrogen) atoms. The number of ether oxygens (including phenoxy) is 2. The Balaban J connectivity index is 1.40. The van der Waals surface area contributed by atoms with Crippen LogP contribution in [0.1, 0.15) is 90.1 Å². The minimum atomic E-state index is -0.0547. The Labute approximate surface area is 314 Å². The van der Waals surface area contributed by atoms with E-state index in [4.69, 9.17) is 13.9 Å². The number of hydrogen-bond donors (Lipinski definition) is 0. The summed E-state index contributed by atoms with van der Waals surface area (Å²) in [5, 5.41) is 1.16. The van der Waals surface area contributed by atoms with Gasteiger partial charge in [-0.25, -0.2) is 0 Å². The maximum absolute atomic E-state index is 7.12. The summed E-state index contributed by atoms with van der Waals surface area (Å²) in [5.41, 5.74) is 16.4. The van der Waals surface area contributed by atoms with E-state index in [0.29, 0.717) is 0 Å². The largest absolute Gasteiger partial charge is 0.454 e. The van der Waals surface area contributed by atoms with Gasteiger partial charge in [-0.15, -0.1) is 0 Å². The molecule has 9 rings (SSSR count). The lowest BCUT2D eigenvalue weighted by Crippen LogP contribution is -2.61. The van der Waals surface area contributed by atoms with Crippen molar-refractivity contribution in [2.24, 2.45) is 0 Å². The molecular weight excluding hydrogens is 651 g/mol. The predicted octanol–water partition coefficient (Wildman–Crippen LogP) is 10.8. The molecule has 0 aliphatic carbocycles. The van der Waals surface area contributed by atoms with Crippen LogP contribution in [0.15, 0.2) is 89.3 Å². The second-order valence-corrected chi connectivity index (χ2v) is 18.3. The van der Waals surface area contributed by atoms with Crippen LogP contribution in [-0.2, 0) is 16.2 Å². The number of furan rings is 1. The smallest absolute Gasteiger partial charge is 0.257 e. The Kier molecular flexibility index (Phi) is 7.13. The highest BCUT2D eigenvalue weighted by atomic mass is 16.7. The Morgan fingerprint density at radius 3 is 1.91 bits per heavy atom. The highest BCUT2D eigenvalue weighted by Gasteiger charge is 2.47. The highest BCUT2D eigenvalue weighted by Crippen LogP contribution is 2.51. The van der Waals surface area contributed by atoms with Crippen LogP contribution in [0.5, 0.6) is 11.5 Å². The van der Waals surface area contributed by atoms with Gasteiger partial charge in [0.1, 0.15) is 5.58 Å². The summed E-state index contributed by atoms with van der Waals surface area (Å²) in [5.74, 6) is 2.45. The van der Waals surface area contributed by atoms with Crippen molar-refractivity contribution in [1.29, 1.82) is 0 Å². The van der Waals surface area contributed by atoms with Gasteiger partial charge in [0.15, 0.2) is 11.5 Å². The van der Waals surface area contributed by atoms with Crippen molar-refractivity contribution in [2.75, 3.05) is 16.6 Å². The molecule has 0 fully saturated rings. The van der Waals surface area contributed by atoms with Crippen LogP contribution in [0.2, 0.25) is 0 Å². The molecular formula is C47H49BN2O3. The molecule has 4 heterocycles. The van der Waals surface area contributed by atoms with Gasteiger partial charge in [0.25, 0.3) is 6.71 Å². The van der Waals surface area contributed by atoms with E-state index in [-0.39, 0.29) is 29.8 Å². The number of benzene rings is 5. The minimum absolute atomic E-state index is 0.0276. The fourth-order valence-electron chi connectivity index (χ4n) is 8.70. The van der Waals surface area contributed by atoms with Crippen molar-refractivity contribution in [2.45, 2.75) is 92.4 Å². The molecule has 5 aromatic carbocycles. The van der Waals surface area contributed by atoms with Gasteiger partial charge in [-0.1, -0.05) is 98.7 Å². The van der Waals surface area contributed by atoms with E-state index < -0.39 is 0 Å². The third-order valence-electron chi connectivity index (χ3n) is 11.6. The van der Waals surface area contributed by atoms with Crippen LogP contribution < -0.4 is 35.7 Å². The molecule has 1 aromatic heterocycles. The van der Waals surface area contributed by atoms with E-state index in [0.717, 1.165) is 56.5 Å². The molecule has 6 heteroatoms. The molecule has 0 N–H and O–H groups in total. The quantitative estimate of drug-likeness (QED) is 0.168. The number of fused-ring (bicyclic) bond motifs is 7. The number of rotatable bonds is 2. The van der Waals surface area contributed by atoms with Crippen molar-refractivity contribution < 1.29 is 13.9 Å². The first kappa shape index (κ1) is 33.7. The van der Waals surface area contributed by atoms with Gasteiger partial charge in [-0.2, -0.15) is 0 Å². The zero-order valence-electron chi connectivity index (χ0n) is 33.0. The maximum atomic E-state index is 7.12. The molecule has 3 aliphatic rings. The van der Waals surface area contributed by atoms with Gasteiger partial charge < -0.3 is 18.8 Å². The number of hydrogen-bond acceptors (Lipinski definition) is 5. The van der Waals surface area contributed by atoms with Gasteiger partial charge >= 0.3 is 0 Å². The number of anilines is 6. The van der Waals surface area contributed by atoms with Crippen LogP contribution in [0.3, 0.4) is 0 Å². The predicted molar refractivity (Wildman–Crippen MR) is 222 cm³/mol. The lowest BCUT2D eigenvalue weighted by atomic mass is 9.33. The van der Waals surface area contributed by atoms with E-state index in [1.807, 2.05) is 0 Å². The molecule has 0 unspecified atom stereocenters. The third-order valence-corrected chi connectivity index (χ3v) is 11.6. The summed E-state index contributed by atoms with van der Waals surface area (Å²) in [6.45, 7) is 25.1. The first-order valence-corrected chi connectivity index (χ1v) is 19.0. The molecule has 0 atom stereocenters.